The van der Waals surface area contributed by atoms with E-state index >= 15 is 0 Å². The lowest BCUT2D eigenvalue weighted by Gasteiger charge is -2.33. The Kier molecular flexibility index (Phi) is 4.48. The van der Waals surface area contributed by atoms with E-state index in [4.69, 9.17) is 0 Å². The largest absolute Gasteiger partial charge is 0.314 e. The maximum Gasteiger partial charge on any atom is 0.244 e. The van der Waals surface area contributed by atoms with Crippen molar-refractivity contribution in [1.82, 2.24) is 20.1 Å². The van der Waals surface area contributed by atoms with E-state index in [9.17, 15) is 9.18 Å². The minimum absolute atomic E-state index is 0.0743. The lowest BCUT2D eigenvalue weighted by molar-refractivity contribution is -0.121. The molecule has 0 radical (unpaired) electrons. The molecule has 7 heteroatoms. The van der Waals surface area contributed by atoms with E-state index in [1.807, 2.05) is 0 Å². The maximum absolute atomic E-state index is 14.0. The van der Waals surface area contributed by atoms with Gasteiger partial charge in [0.25, 0.3) is 0 Å². The summed E-state index contributed by atoms with van der Waals surface area (Å²) in [6.07, 6.45) is 4.86. The zero-order chi connectivity index (χ0) is 17.2. The van der Waals surface area contributed by atoms with Crippen LogP contribution in [0, 0.1) is 5.82 Å². The summed E-state index contributed by atoms with van der Waals surface area (Å²) in [6, 6.07) is 6.12. The fourth-order valence-electron chi connectivity index (χ4n) is 3.69. The lowest BCUT2D eigenvalue weighted by atomic mass is 10.0. The molecule has 1 unspecified atom stereocenters. The van der Waals surface area contributed by atoms with E-state index in [-0.39, 0.29) is 17.8 Å². The molecule has 0 aliphatic carbocycles. The molecule has 1 amide bonds. The van der Waals surface area contributed by atoms with E-state index in [1.54, 1.807) is 23.1 Å². The summed E-state index contributed by atoms with van der Waals surface area (Å²) in [4.78, 5) is 14.3. The summed E-state index contributed by atoms with van der Waals surface area (Å²) in [5, 5.41) is 11.8. The van der Waals surface area contributed by atoms with Crippen molar-refractivity contribution >= 4 is 11.6 Å². The Labute approximate surface area is 146 Å². The van der Waals surface area contributed by atoms with E-state index in [0.717, 1.165) is 50.3 Å². The van der Waals surface area contributed by atoms with E-state index in [0.29, 0.717) is 18.8 Å². The van der Waals surface area contributed by atoms with Crippen LogP contribution in [0.5, 0.6) is 0 Å². The molecule has 4 rings (SSSR count). The Morgan fingerprint density at radius 2 is 2.04 bits per heavy atom. The number of amides is 1. The number of rotatable bonds is 4. The third-order valence-corrected chi connectivity index (χ3v) is 5.02. The van der Waals surface area contributed by atoms with Gasteiger partial charge in [-0.2, -0.15) is 0 Å². The fourth-order valence-corrected chi connectivity index (χ4v) is 3.69. The molecule has 2 aromatic rings. The van der Waals surface area contributed by atoms with Crippen LogP contribution in [0.4, 0.5) is 10.1 Å². The molecule has 1 N–H and O–H groups in total. The third-order valence-electron chi connectivity index (χ3n) is 5.02. The predicted molar refractivity (Wildman–Crippen MR) is 91.6 cm³/mol. The molecule has 0 bridgehead atoms. The zero-order valence-corrected chi connectivity index (χ0v) is 14.1. The number of fused-ring (bicyclic) bond motifs is 1. The van der Waals surface area contributed by atoms with Gasteiger partial charge in [0.05, 0.1) is 18.3 Å². The van der Waals surface area contributed by atoms with E-state index in [1.165, 1.54) is 6.07 Å². The molecule has 2 aliphatic heterocycles. The number of aromatic nitrogens is 3. The molecule has 1 fully saturated rings. The average Bonchev–Trinajstić information content (AvgIpc) is 3.05. The number of carbonyl (C=O) groups is 1. The highest BCUT2D eigenvalue weighted by atomic mass is 19.1. The molecule has 3 heterocycles. The van der Waals surface area contributed by atoms with Crippen molar-refractivity contribution < 1.29 is 9.18 Å². The number of hydrogen-bond acceptors (Lipinski definition) is 4. The van der Waals surface area contributed by atoms with Gasteiger partial charge in [0.15, 0.2) is 0 Å². The van der Waals surface area contributed by atoms with Crippen LogP contribution in [0.15, 0.2) is 24.3 Å². The van der Waals surface area contributed by atoms with Gasteiger partial charge in [0, 0.05) is 19.5 Å². The van der Waals surface area contributed by atoms with Gasteiger partial charge in [-0.25, -0.2) is 4.39 Å². The first-order chi connectivity index (χ1) is 12.2. The smallest absolute Gasteiger partial charge is 0.244 e. The van der Waals surface area contributed by atoms with Crippen LogP contribution in [0.3, 0.4) is 0 Å². The number of para-hydroxylation sites is 1. The van der Waals surface area contributed by atoms with Gasteiger partial charge in [0.2, 0.25) is 5.91 Å². The summed E-state index contributed by atoms with van der Waals surface area (Å²) in [5.74, 6) is 1.48. The number of nitrogens with one attached hydrogen (secondary N) is 1. The first kappa shape index (κ1) is 16.2. The number of aryl methyl sites for hydroxylation is 1. The number of anilines is 1. The minimum Gasteiger partial charge on any atom is -0.314 e. The standard InChI is InChI=1S/C18H22FN5O/c19-13-6-1-2-8-15(13)23-11-5-7-14(18(23)25)20-12-17-22-21-16-9-3-4-10-24(16)17/h1-2,6,8,14,20H,3-5,7,9-12H2. The summed E-state index contributed by atoms with van der Waals surface area (Å²) < 4.78 is 16.2. The summed E-state index contributed by atoms with van der Waals surface area (Å²) in [5.41, 5.74) is 0.360. The molecule has 132 valence electrons. The number of benzene rings is 1. The van der Waals surface area contributed by atoms with Gasteiger partial charge < -0.3 is 9.47 Å². The van der Waals surface area contributed by atoms with E-state index < -0.39 is 0 Å². The summed E-state index contributed by atoms with van der Waals surface area (Å²) >= 11 is 0. The first-order valence-corrected chi connectivity index (χ1v) is 8.94. The Balaban J connectivity index is 1.45. The quantitative estimate of drug-likeness (QED) is 0.923. The van der Waals surface area contributed by atoms with Gasteiger partial charge in [-0.05, 0) is 37.8 Å². The molecule has 6 nitrogen and oxygen atoms in total. The topological polar surface area (TPSA) is 63.1 Å². The third kappa shape index (κ3) is 3.16. The number of piperidine rings is 1. The van der Waals surface area contributed by atoms with Crippen molar-refractivity contribution in [3.8, 4) is 0 Å². The van der Waals surface area contributed by atoms with Gasteiger partial charge in [-0.1, -0.05) is 12.1 Å². The van der Waals surface area contributed by atoms with Crippen LogP contribution in [-0.4, -0.2) is 33.3 Å². The predicted octanol–water partition coefficient (Wildman–Crippen LogP) is 2.04. The normalized spacial score (nSPS) is 20.6. The SMILES string of the molecule is O=C1C(NCc2nnc3n2CCCC3)CCCN1c1ccccc1F. The number of halogens is 1. The number of hydrogen-bond donors (Lipinski definition) is 1. The lowest BCUT2D eigenvalue weighted by Crippen LogP contribution is -2.51. The van der Waals surface area contributed by atoms with Crippen LogP contribution < -0.4 is 10.2 Å². The molecule has 1 aromatic heterocycles. The monoisotopic (exact) mass is 343 g/mol. The van der Waals surface area contributed by atoms with Crippen molar-refractivity contribution in [2.75, 3.05) is 11.4 Å². The fraction of sp³-hybridized carbons (Fsp3) is 0.500. The molecule has 0 spiro atoms. The van der Waals surface area contributed by atoms with Crippen molar-refractivity contribution in [3.05, 3.63) is 41.7 Å². The van der Waals surface area contributed by atoms with Crippen molar-refractivity contribution in [3.63, 3.8) is 0 Å². The average molecular weight is 343 g/mol. The van der Waals surface area contributed by atoms with Gasteiger partial charge in [-0.3, -0.25) is 10.1 Å². The molecule has 25 heavy (non-hydrogen) atoms. The first-order valence-electron chi connectivity index (χ1n) is 8.94. The number of carbonyl (C=O) groups excluding carboxylic acids is 1. The molecular weight excluding hydrogens is 321 g/mol. The van der Waals surface area contributed by atoms with Crippen LogP contribution >= 0.6 is 0 Å². The minimum atomic E-state index is -0.358. The second-order valence-electron chi connectivity index (χ2n) is 6.66. The maximum atomic E-state index is 14.0. The Bertz CT molecular complexity index is 775. The molecule has 0 saturated carbocycles. The Morgan fingerprint density at radius 3 is 2.92 bits per heavy atom. The summed E-state index contributed by atoms with van der Waals surface area (Å²) in [7, 11) is 0. The van der Waals surface area contributed by atoms with Crippen LogP contribution in [0.25, 0.3) is 0 Å². The zero-order valence-electron chi connectivity index (χ0n) is 14.1. The second-order valence-corrected chi connectivity index (χ2v) is 6.66. The number of nitrogens with zero attached hydrogens (tertiary/aromatic N) is 4. The van der Waals surface area contributed by atoms with E-state index in [2.05, 4.69) is 20.1 Å². The molecule has 2 aliphatic rings. The van der Waals surface area contributed by atoms with Crippen molar-refractivity contribution in [2.24, 2.45) is 0 Å². The molecule has 1 saturated heterocycles. The van der Waals surface area contributed by atoms with Gasteiger partial charge in [-0.15, -0.1) is 10.2 Å². The molecule has 1 atom stereocenters. The molecular formula is C18H22FN5O. The highest BCUT2D eigenvalue weighted by Gasteiger charge is 2.31. The highest BCUT2D eigenvalue weighted by Crippen LogP contribution is 2.24. The summed E-state index contributed by atoms with van der Waals surface area (Å²) in [6.45, 7) is 2.01. The Morgan fingerprint density at radius 1 is 1.16 bits per heavy atom. The highest BCUT2D eigenvalue weighted by molar-refractivity contribution is 5.98. The van der Waals surface area contributed by atoms with Gasteiger partial charge in [0.1, 0.15) is 17.5 Å². The van der Waals surface area contributed by atoms with Crippen LogP contribution in [-0.2, 0) is 24.3 Å². The molecule has 1 aromatic carbocycles. The van der Waals surface area contributed by atoms with Crippen LogP contribution in [0.1, 0.15) is 37.3 Å². The van der Waals surface area contributed by atoms with Gasteiger partial charge >= 0.3 is 0 Å². The Hall–Kier alpha value is -2.28. The van der Waals surface area contributed by atoms with Crippen molar-refractivity contribution in [1.29, 1.82) is 0 Å². The van der Waals surface area contributed by atoms with Crippen LogP contribution in [0.2, 0.25) is 0 Å². The van der Waals surface area contributed by atoms with Crippen molar-refractivity contribution in [2.45, 2.75) is 51.2 Å². The second kappa shape index (κ2) is 6.92.